The van der Waals surface area contributed by atoms with Crippen molar-refractivity contribution in [1.82, 2.24) is 4.31 Å². The molecular formula is C23H25NO3S. The maximum atomic E-state index is 13.5. The van der Waals surface area contributed by atoms with Crippen LogP contribution in [0.5, 0.6) is 5.75 Å². The van der Waals surface area contributed by atoms with Gasteiger partial charge in [0.05, 0.1) is 12.0 Å². The fraction of sp³-hybridized carbons (Fsp3) is 0.304. The normalized spacial score (nSPS) is 18.7. The SMILES string of the molecule is COc1ccc(C2CCCCN(S(=O)(=O)c3cccc4ccccc34)C2)cc1. The first-order valence-electron chi connectivity index (χ1n) is 9.71. The lowest BCUT2D eigenvalue weighted by molar-refractivity contribution is 0.405. The van der Waals surface area contributed by atoms with Gasteiger partial charge in [0.2, 0.25) is 10.0 Å². The van der Waals surface area contributed by atoms with Crippen molar-refractivity contribution in [3.63, 3.8) is 0 Å². The molecule has 1 aliphatic rings. The van der Waals surface area contributed by atoms with Crippen LogP contribution < -0.4 is 4.74 Å². The van der Waals surface area contributed by atoms with Gasteiger partial charge in [-0.2, -0.15) is 4.31 Å². The van der Waals surface area contributed by atoms with Crippen molar-refractivity contribution in [3.05, 3.63) is 72.3 Å². The number of ether oxygens (including phenoxy) is 1. The van der Waals surface area contributed by atoms with Gasteiger partial charge < -0.3 is 4.74 Å². The Morgan fingerprint density at radius 3 is 2.46 bits per heavy atom. The van der Waals surface area contributed by atoms with E-state index in [9.17, 15) is 8.42 Å². The van der Waals surface area contributed by atoms with Crippen molar-refractivity contribution in [1.29, 1.82) is 0 Å². The first-order chi connectivity index (χ1) is 13.6. The minimum atomic E-state index is -3.56. The highest BCUT2D eigenvalue weighted by atomic mass is 32.2. The van der Waals surface area contributed by atoms with Crippen molar-refractivity contribution in [2.75, 3.05) is 20.2 Å². The van der Waals surface area contributed by atoms with Gasteiger partial charge >= 0.3 is 0 Å². The second-order valence-electron chi connectivity index (χ2n) is 7.31. The molecule has 28 heavy (non-hydrogen) atoms. The molecule has 1 saturated heterocycles. The van der Waals surface area contributed by atoms with Crippen LogP contribution in [-0.2, 0) is 10.0 Å². The van der Waals surface area contributed by atoms with E-state index in [-0.39, 0.29) is 5.92 Å². The molecule has 0 amide bonds. The van der Waals surface area contributed by atoms with Crippen LogP contribution in [-0.4, -0.2) is 32.9 Å². The predicted octanol–water partition coefficient (Wildman–Crippen LogP) is 4.81. The van der Waals surface area contributed by atoms with Crippen molar-refractivity contribution < 1.29 is 13.2 Å². The smallest absolute Gasteiger partial charge is 0.243 e. The summed E-state index contributed by atoms with van der Waals surface area (Å²) >= 11 is 0. The molecule has 0 saturated carbocycles. The maximum absolute atomic E-state index is 13.5. The summed E-state index contributed by atoms with van der Waals surface area (Å²) in [4.78, 5) is 0.404. The van der Waals surface area contributed by atoms with Crippen molar-refractivity contribution >= 4 is 20.8 Å². The van der Waals surface area contributed by atoms with Crippen molar-refractivity contribution in [3.8, 4) is 5.75 Å². The van der Waals surface area contributed by atoms with Gasteiger partial charge in [-0.05, 0) is 47.9 Å². The average molecular weight is 396 g/mol. The van der Waals surface area contributed by atoms with E-state index in [0.29, 0.717) is 18.0 Å². The molecule has 0 aromatic heterocycles. The fourth-order valence-corrected chi connectivity index (χ4v) is 5.77. The number of fused-ring (bicyclic) bond motifs is 1. The first kappa shape index (κ1) is 19.0. The number of sulfonamides is 1. The fourth-order valence-electron chi connectivity index (χ4n) is 4.03. The molecule has 3 aromatic rings. The van der Waals surface area contributed by atoms with Crippen LogP contribution in [0.3, 0.4) is 0 Å². The minimum absolute atomic E-state index is 0.193. The highest BCUT2D eigenvalue weighted by Gasteiger charge is 2.30. The Kier molecular flexibility index (Phi) is 5.38. The summed E-state index contributed by atoms with van der Waals surface area (Å²) in [6.07, 6.45) is 2.91. The Morgan fingerprint density at radius 1 is 0.929 bits per heavy atom. The molecule has 0 N–H and O–H groups in total. The Labute approximate surface area is 166 Å². The molecular weight excluding hydrogens is 370 g/mol. The standard InChI is InChI=1S/C23H25NO3S/c1-27-21-14-12-18(13-15-21)20-8-4-5-16-24(17-20)28(25,26)23-11-6-9-19-7-2-3-10-22(19)23/h2-3,6-7,9-15,20H,4-5,8,16-17H2,1H3. The van der Waals surface area contributed by atoms with Crippen molar-refractivity contribution in [2.45, 2.75) is 30.1 Å². The van der Waals surface area contributed by atoms with Gasteiger partial charge in [0.15, 0.2) is 0 Å². The van der Waals surface area contributed by atoms with Gasteiger partial charge in [-0.3, -0.25) is 0 Å². The van der Waals surface area contributed by atoms with Gasteiger partial charge in [0.25, 0.3) is 0 Å². The Morgan fingerprint density at radius 2 is 1.68 bits per heavy atom. The molecule has 1 atom stereocenters. The summed E-state index contributed by atoms with van der Waals surface area (Å²) in [6.45, 7) is 1.08. The van der Waals surface area contributed by atoms with Crippen LogP contribution in [0.1, 0.15) is 30.7 Å². The molecule has 1 aliphatic heterocycles. The van der Waals surface area contributed by atoms with E-state index in [0.717, 1.165) is 35.8 Å². The van der Waals surface area contributed by atoms with Crippen LogP contribution >= 0.6 is 0 Å². The molecule has 0 spiro atoms. The zero-order chi connectivity index (χ0) is 19.6. The number of hydrogen-bond donors (Lipinski definition) is 0. The Balaban J connectivity index is 1.68. The maximum Gasteiger partial charge on any atom is 0.243 e. The van der Waals surface area contributed by atoms with Gasteiger partial charge in [0, 0.05) is 18.5 Å². The second kappa shape index (κ2) is 7.94. The molecule has 1 fully saturated rings. The van der Waals surface area contributed by atoms with Crippen LogP contribution in [0.25, 0.3) is 10.8 Å². The lowest BCUT2D eigenvalue weighted by Gasteiger charge is -2.25. The summed E-state index contributed by atoms with van der Waals surface area (Å²) < 4.78 is 34.0. The number of methoxy groups -OCH3 is 1. The summed E-state index contributed by atoms with van der Waals surface area (Å²) in [5.74, 6) is 1.01. The highest BCUT2D eigenvalue weighted by molar-refractivity contribution is 7.89. The largest absolute Gasteiger partial charge is 0.497 e. The molecule has 0 radical (unpaired) electrons. The summed E-state index contributed by atoms with van der Waals surface area (Å²) in [5.41, 5.74) is 1.17. The molecule has 146 valence electrons. The number of hydrogen-bond acceptors (Lipinski definition) is 3. The monoisotopic (exact) mass is 395 g/mol. The van der Waals surface area contributed by atoms with E-state index in [1.54, 1.807) is 17.5 Å². The quantitative estimate of drug-likeness (QED) is 0.637. The van der Waals surface area contributed by atoms with E-state index in [1.165, 1.54) is 5.56 Å². The molecule has 4 rings (SSSR count). The topological polar surface area (TPSA) is 46.6 Å². The molecule has 0 bridgehead atoms. The molecule has 3 aromatic carbocycles. The van der Waals surface area contributed by atoms with E-state index < -0.39 is 10.0 Å². The van der Waals surface area contributed by atoms with E-state index in [2.05, 4.69) is 12.1 Å². The van der Waals surface area contributed by atoms with Crippen LogP contribution in [0.15, 0.2) is 71.6 Å². The van der Waals surface area contributed by atoms with Gasteiger partial charge in [-0.25, -0.2) is 8.42 Å². The second-order valence-corrected chi connectivity index (χ2v) is 9.21. The zero-order valence-corrected chi connectivity index (χ0v) is 16.9. The zero-order valence-electron chi connectivity index (χ0n) is 16.0. The predicted molar refractivity (Wildman–Crippen MR) is 112 cm³/mol. The third kappa shape index (κ3) is 3.64. The third-order valence-corrected chi connectivity index (χ3v) is 7.51. The van der Waals surface area contributed by atoms with Crippen LogP contribution in [0.4, 0.5) is 0 Å². The molecule has 5 heteroatoms. The van der Waals surface area contributed by atoms with Gasteiger partial charge in [0.1, 0.15) is 5.75 Å². The minimum Gasteiger partial charge on any atom is -0.497 e. The molecule has 1 unspecified atom stereocenters. The third-order valence-electron chi connectivity index (χ3n) is 5.59. The summed E-state index contributed by atoms with van der Waals surface area (Å²) in [7, 11) is -1.91. The summed E-state index contributed by atoms with van der Waals surface area (Å²) in [5, 5.41) is 1.74. The number of nitrogens with zero attached hydrogens (tertiary/aromatic N) is 1. The van der Waals surface area contributed by atoms with E-state index in [1.807, 2.05) is 48.5 Å². The summed E-state index contributed by atoms with van der Waals surface area (Å²) in [6, 6.07) is 21.2. The van der Waals surface area contributed by atoms with Gasteiger partial charge in [-0.1, -0.05) is 55.0 Å². The van der Waals surface area contributed by atoms with E-state index in [4.69, 9.17) is 4.74 Å². The Bertz CT molecular complexity index is 1060. The first-order valence-corrected chi connectivity index (χ1v) is 11.2. The van der Waals surface area contributed by atoms with E-state index >= 15 is 0 Å². The average Bonchev–Trinajstić information content (AvgIpc) is 3.00. The highest BCUT2D eigenvalue weighted by Crippen LogP contribution is 2.32. The van der Waals surface area contributed by atoms with Gasteiger partial charge in [-0.15, -0.1) is 0 Å². The van der Waals surface area contributed by atoms with Crippen LogP contribution in [0.2, 0.25) is 0 Å². The lowest BCUT2D eigenvalue weighted by Crippen LogP contribution is -2.34. The molecule has 0 aliphatic carbocycles. The molecule has 1 heterocycles. The number of benzene rings is 3. The van der Waals surface area contributed by atoms with Crippen molar-refractivity contribution in [2.24, 2.45) is 0 Å². The lowest BCUT2D eigenvalue weighted by atomic mass is 9.94. The number of rotatable bonds is 4. The molecule has 4 nitrogen and oxygen atoms in total. The van der Waals surface area contributed by atoms with Crippen LogP contribution in [0, 0.1) is 0 Å². The Hall–Kier alpha value is -2.37.